The number of nitro benzene ring substituents is 1. The number of rotatable bonds is 5. The van der Waals surface area contributed by atoms with E-state index in [1.54, 1.807) is 0 Å². The molecule has 1 aliphatic carbocycles. The van der Waals surface area contributed by atoms with Crippen molar-refractivity contribution in [3.05, 3.63) is 33.3 Å². The number of amides is 2. The number of nitrogens with zero attached hydrogens (tertiary/aromatic N) is 2. The number of benzene rings is 1. The van der Waals surface area contributed by atoms with E-state index >= 15 is 0 Å². The van der Waals surface area contributed by atoms with Gasteiger partial charge in [0.2, 0.25) is 0 Å². The third kappa shape index (κ3) is 4.34. The van der Waals surface area contributed by atoms with Gasteiger partial charge in [-0.3, -0.25) is 15.0 Å². The summed E-state index contributed by atoms with van der Waals surface area (Å²) in [5.41, 5.74) is 0.177. The van der Waals surface area contributed by atoms with E-state index in [2.05, 4.69) is 15.5 Å². The highest BCUT2D eigenvalue weighted by atomic mass is 35.5. The van der Waals surface area contributed by atoms with Gasteiger partial charge in [0.05, 0.1) is 28.8 Å². The first-order valence-electron chi connectivity index (χ1n) is 9.27. The van der Waals surface area contributed by atoms with Crippen molar-refractivity contribution < 1.29 is 14.5 Å². The molecule has 1 aliphatic heterocycles. The molecule has 0 radical (unpaired) electrons. The summed E-state index contributed by atoms with van der Waals surface area (Å²) in [5, 5.41) is 16.7. The molecule has 0 bridgehead atoms. The summed E-state index contributed by atoms with van der Waals surface area (Å²) in [6.07, 6.45) is 4.40. The molecule has 1 aromatic carbocycles. The molecule has 148 valence electrons. The molecule has 1 aromatic rings. The third-order valence-electron chi connectivity index (χ3n) is 5.68. The van der Waals surface area contributed by atoms with Gasteiger partial charge in [-0.05, 0) is 25.8 Å². The zero-order chi connectivity index (χ0) is 19.4. The Morgan fingerprint density at radius 3 is 2.59 bits per heavy atom. The van der Waals surface area contributed by atoms with Gasteiger partial charge in [-0.15, -0.1) is 0 Å². The van der Waals surface area contributed by atoms with E-state index in [9.17, 15) is 14.9 Å². The Bertz CT molecular complexity index is 703. The molecule has 0 spiro atoms. The lowest BCUT2D eigenvalue weighted by molar-refractivity contribution is -0.384. The van der Waals surface area contributed by atoms with E-state index in [1.165, 1.54) is 18.2 Å². The molecule has 0 unspecified atom stereocenters. The number of ether oxygens (including phenoxy) is 1. The standard InChI is InChI=1S/C18H25ClN4O4/c1-13(18(6-2-3-7-18)22-8-10-27-11-9-22)20-17(24)21-16-5-4-14(23(25)26)12-15(16)19/h4-5,12-13H,2-3,6-11H2,1H3,(H2,20,21,24)/t13-/m0/s1. The van der Waals surface area contributed by atoms with Crippen LogP contribution in [-0.2, 0) is 4.74 Å². The lowest BCUT2D eigenvalue weighted by atomic mass is 9.86. The molecule has 1 heterocycles. The SMILES string of the molecule is C[C@H](NC(=O)Nc1ccc([N+](=O)[O-])cc1Cl)C1(N2CCOCC2)CCCC1. The Kier molecular flexibility index (Phi) is 6.18. The number of hydrogen-bond acceptors (Lipinski definition) is 5. The summed E-state index contributed by atoms with van der Waals surface area (Å²) in [6, 6.07) is 3.58. The molecule has 2 aliphatic rings. The average molecular weight is 397 g/mol. The van der Waals surface area contributed by atoms with Crippen LogP contribution in [0.4, 0.5) is 16.2 Å². The van der Waals surface area contributed by atoms with Crippen molar-refractivity contribution in [2.24, 2.45) is 0 Å². The molecule has 27 heavy (non-hydrogen) atoms. The van der Waals surface area contributed by atoms with Crippen LogP contribution in [0.15, 0.2) is 18.2 Å². The van der Waals surface area contributed by atoms with Gasteiger partial charge in [0.25, 0.3) is 5.69 Å². The molecular formula is C18H25ClN4O4. The highest BCUT2D eigenvalue weighted by molar-refractivity contribution is 6.33. The second kappa shape index (κ2) is 8.41. The minimum Gasteiger partial charge on any atom is -0.379 e. The smallest absolute Gasteiger partial charge is 0.319 e. The number of carbonyl (C=O) groups excluding carboxylic acids is 1. The van der Waals surface area contributed by atoms with Gasteiger partial charge in [-0.1, -0.05) is 24.4 Å². The van der Waals surface area contributed by atoms with Gasteiger partial charge in [0.15, 0.2) is 0 Å². The Hall–Kier alpha value is -1.90. The van der Waals surface area contributed by atoms with Crippen molar-refractivity contribution in [1.82, 2.24) is 10.2 Å². The van der Waals surface area contributed by atoms with E-state index in [0.717, 1.165) is 52.0 Å². The topological polar surface area (TPSA) is 96.7 Å². The van der Waals surface area contributed by atoms with Crippen molar-refractivity contribution in [2.75, 3.05) is 31.6 Å². The first kappa shape index (κ1) is 19.9. The quantitative estimate of drug-likeness (QED) is 0.587. The number of non-ortho nitro benzene ring substituents is 1. The summed E-state index contributed by atoms with van der Waals surface area (Å²) in [6.45, 7) is 5.24. The van der Waals surface area contributed by atoms with E-state index in [-0.39, 0.29) is 28.3 Å². The average Bonchev–Trinajstić information content (AvgIpc) is 3.15. The third-order valence-corrected chi connectivity index (χ3v) is 5.99. The molecule has 3 rings (SSSR count). The molecule has 0 aromatic heterocycles. The minimum absolute atomic E-state index is 0.0464. The van der Waals surface area contributed by atoms with Gasteiger partial charge in [-0.2, -0.15) is 0 Å². The molecule has 2 amide bonds. The largest absolute Gasteiger partial charge is 0.379 e. The Morgan fingerprint density at radius 2 is 2.00 bits per heavy atom. The molecule has 1 saturated heterocycles. The van der Waals surface area contributed by atoms with Crippen molar-refractivity contribution in [2.45, 2.75) is 44.2 Å². The number of nitro groups is 1. The monoisotopic (exact) mass is 396 g/mol. The fourth-order valence-electron chi connectivity index (χ4n) is 4.23. The van der Waals surface area contributed by atoms with Crippen LogP contribution in [0.2, 0.25) is 5.02 Å². The Morgan fingerprint density at radius 1 is 1.33 bits per heavy atom. The van der Waals surface area contributed by atoms with Crippen LogP contribution in [0.1, 0.15) is 32.6 Å². The van der Waals surface area contributed by atoms with Gasteiger partial charge in [0, 0.05) is 36.8 Å². The maximum absolute atomic E-state index is 12.5. The molecule has 1 saturated carbocycles. The first-order valence-corrected chi connectivity index (χ1v) is 9.64. The number of carbonyl (C=O) groups is 1. The zero-order valence-corrected chi connectivity index (χ0v) is 16.1. The molecule has 1 atom stereocenters. The normalized spacial score (nSPS) is 20.8. The summed E-state index contributed by atoms with van der Waals surface area (Å²) in [4.78, 5) is 25.2. The van der Waals surface area contributed by atoms with E-state index in [1.807, 2.05) is 6.92 Å². The van der Waals surface area contributed by atoms with Crippen LogP contribution in [0, 0.1) is 10.1 Å². The van der Waals surface area contributed by atoms with E-state index < -0.39 is 4.92 Å². The minimum atomic E-state index is -0.524. The second-order valence-corrected chi connectivity index (χ2v) is 7.56. The van der Waals surface area contributed by atoms with Gasteiger partial charge >= 0.3 is 6.03 Å². The lowest BCUT2D eigenvalue weighted by Gasteiger charge is -2.47. The van der Waals surface area contributed by atoms with Crippen LogP contribution in [-0.4, -0.2) is 53.7 Å². The molecular weight excluding hydrogens is 372 g/mol. The summed E-state index contributed by atoms with van der Waals surface area (Å²) < 4.78 is 5.48. The van der Waals surface area contributed by atoms with Crippen molar-refractivity contribution >= 4 is 29.0 Å². The maximum Gasteiger partial charge on any atom is 0.319 e. The van der Waals surface area contributed by atoms with Crippen molar-refractivity contribution in [3.63, 3.8) is 0 Å². The fraction of sp³-hybridized carbons (Fsp3) is 0.611. The van der Waals surface area contributed by atoms with Crippen molar-refractivity contribution in [1.29, 1.82) is 0 Å². The molecule has 2 N–H and O–H groups in total. The predicted molar refractivity (Wildman–Crippen MR) is 103 cm³/mol. The number of urea groups is 1. The predicted octanol–water partition coefficient (Wildman–Crippen LogP) is 3.40. The van der Waals surface area contributed by atoms with Crippen molar-refractivity contribution in [3.8, 4) is 0 Å². The molecule has 2 fully saturated rings. The maximum atomic E-state index is 12.5. The number of anilines is 1. The molecule has 9 heteroatoms. The van der Waals surface area contributed by atoms with Gasteiger partial charge in [0.1, 0.15) is 0 Å². The van der Waals surface area contributed by atoms with Gasteiger partial charge < -0.3 is 15.4 Å². The van der Waals surface area contributed by atoms with Gasteiger partial charge in [-0.25, -0.2) is 4.79 Å². The van der Waals surface area contributed by atoms with Crippen LogP contribution in [0.3, 0.4) is 0 Å². The van der Waals surface area contributed by atoms with E-state index in [4.69, 9.17) is 16.3 Å². The number of halogens is 1. The zero-order valence-electron chi connectivity index (χ0n) is 15.4. The van der Waals surface area contributed by atoms with E-state index in [0.29, 0.717) is 5.69 Å². The first-order chi connectivity index (χ1) is 12.9. The number of morpholine rings is 1. The second-order valence-electron chi connectivity index (χ2n) is 7.15. The van der Waals surface area contributed by atoms with Crippen LogP contribution < -0.4 is 10.6 Å². The van der Waals surface area contributed by atoms with Crippen LogP contribution in [0.5, 0.6) is 0 Å². The fourth-order valence-corrected chi connectivity index (χ4v) is 4.45. The summed E-state index contributed by atoms with van der Waals surface area (Å²) >= 11 is 6.06. The lowest BCUT2D eigenvalue weighted by Crippen LogP contribution is -2.62. The Balaban J connectivity index is 1.66. The van der Waals surface area contributed by atoms with Crippen LogP contribution >= 0.6 is 11.6 Å². The summed E-state index contributed by atoms with van der Waals surface area (Å²) in [5.74, 6) is 0. The number of nitrogens with one attached hydrogen (secondary N) is 2. The number of hydrogen-bond donors (Lipinski definition) is 2. The highest BCUT2D eigenvalue weighted by Crippen LogP contribution is 2.38. The highest BCUT2D eigenvalue weighted by Gasteiger charge is 2.45. The van der Waals surface area contributed by atoms with Crippen LogP contribution in [0.25, 0.3) is 0 Å². The molecule has 8 nitrogen and oxygen atoms in total. The summed E-state index contributed by atoms with van der Waals surface area (Å²) in [7, 11) is 0. The Labute approximate surface area is 163 Å².